The Labute approximate surface area is 180 Å². The van der Waals surface area contributed by atoms with Crippen LogP contribution in [-0.4, -0.2) is 60.5 Å². The molecule has 2 saturated heterocycles. The van der Waals surface area contributed by atoms with Gasteiger partial charge < -0.3 is 19.7 Å². The molecule has 2 fully saturated rings. The van der Waals surface area contributed by atoms with Crippen molar-refractivity contribution in [2.75, 3.05) is 26.8 Å². The maximum absolute atomic E-state index is 12.9. The van der Waals surface area contributed by atoms with E-state index < -0.39 is 12.1 Å². The number of ether oxygens (including phenoxy) is 2. The predicted molar refractivity (Wildman–Crippen MR) is 112 cm³/mol. The number of hydrogen-bond acceptors (Lipinski definition) is 5. The fraction of sp³-hybridized carbons (Fsp3) is 0.348. The minimum Gasteiger partial charge on any atom is -0.497 e. The topological polar surface area (TPSA) is 88.2 Å². The summed E-state index contributed by atoms with van der Waals surface area (Å²) in [5.74, 6) is 0.139. The van der Waals surface area contributed by atoms with E-state index >= 15 is 0 Å². The fourth-order valence-corrected chi connectivity index (χ4v) is 3.83. The third-order valence-corrected chi connectivity index (χ3v) is 5.58. The van der Waals surface area contributed by atoms with Crippen LogP contribution < -0.4 is 10.1 Å². The number of urea groups is 1. The number of nitrogens with zero attached hydrogens (tertiary/aromatic N) is 2. The van der Waals surface area contributed by atoms with E-state index in [2.05, 4.69) is 5.32 Å². The monoisotopic (exact) mass is 423 g/mol. The van der Waals surface area contributed by atoms with Crippen molar-refractivity contribution >= 4 is 17.8 Å². The lowest BCUT2D eigenvalue weighted by Crippen LogP contribution is -2.45. The molecular formula is C23H25N3O5. The molecule has 31 heavy (non-hydrogen) atoms. The summed E-state index contributed by atoms with van der Waals surface area (Å²) in [4.78, 5) is 40.8. The Kier molecular flexibility index (Phi) is 6.18. The molecule has 0 aromatic heterocycles. The van der Waals surface area contributed by atoms with Crippen molar-refractivity contribution in [1.29, 1.82) is 0 Å². The number of carbonyl (C=O) groups is 3. The number of morpholine rings is 1. The standard InChI is InChI=1S/C23H25N3O5/c1-30-18-9-7-16(8-10-18)14-26-22(28)19(24-23(26)29)13-21(27)25-11-12-31-20(15-25)17-5-3-2-4-6-17/h2-10,19-20H,11-15H2,1H3,(H,24,29)/t19-,20-/m0/s1. The van der Waals surface area contributed by atoms with Crippen LogP contribution in [-0.2, 0) is 20.9 Å². The van der Waals surface area contributed by atoms with Gasteiger partial charge in [-0.2, -0.15) is 0 Å². The van der Waals surface area contributed by atoms with E-state index in [0.29, 0.717) is 25.4 Å². The molecule has 2 aliphatic heterocycles. The van der Waals surface area contributed by atoms with Gasteiger partial charge in [0.2, 0.25) is 5.91 Å². The Morgan fingerprint density at radius 1 is 1.13 bits per heavy atom. The first kappa shape index (κ1) is 20.9. The van der Waals surface area contributed by atoms with Gasteiger partial charge in [-0.25, -0.2) is 4.79 Å². The van der Waals surface area contributed by atoms with Crippen LogP contribution in [0.5, 0.6) is 5.75 Å². The summed E-state index contributed by atoms with van der Waals surface area (Å²) in [5.41, 5.74) is 1.81. The van der Waals surface area contributed by atoms with E-state index in [1.807, 2.05) is 30.3 Å². The molecule has 1 N–H and O–H groups in total. The van der Waals surface area contributed by atoms with E-state index in [0.717, 1.165) is 16.0 Å². The molecule has 8 heteroatoms. The van der Waals surface area contributed by atoms with Gasteiger partial charge in [0.25, 0.3) is 5.91 Å². The van der Waals surface area contributed by atoms with Crippen LogP contribution in [0.1, 0.15) is 23.7 Å². The second-order valence-electron chi connectivity index (χ2n) is 7.59. The molecule has 2 aromatic carbocycles. The van der Waals surface area contributed by atoms with Gasteiger partial charge in [0.1, 0.15) is 17.9 Å². The van der Waals surface area contributed by atoms with Crippen LogP contribution in [0.2, 0.25) is 0 Å². The number of imide groups is 1. The normalized spacial score (nSPS) is 21.2. The molecule has 0 saturated carbocycles. The zero-order chi connectivity index (χ0) is 21.8. The first-order chi connectivity index (χ1) is 15.0. The first-order valence-electron chi connectivity index (χ1n) is 10.2. The van der Waals surface area contributed by atoms with Gasteiger partial charge in [-0.1, -0.05) is 42.5 Å². The van der Waals surface area contributed by atoms with Crippen LogP contribution in [0.25, 0.3) is 0 Å². The highest BCUT2D eigenvalue weighted by molar-refractivity contribution is 6.05. The minimum atomic E-state index is -0.851. The number of amides is 4. The van der Waals surface area contributed by atoms with Crippen LogP contribution in [0, 0.1) is 0 Å². The quantitative estimate of drug-likeness (QED) is 0.719. The summed E-state index contributed by atoms with van der Waals surface area (Å²) < 4.78 is 10.9. The second kappa shape index (κ2) is 9.18. The van der Waals surface area contributed by atoms with Crippen LogP contribution in [0.3, 0.4) is 0 Å². The van der Waals surface area contributed by atoms with Gasteiger partial charge in [-0.3, -0.25) is 14.5 Å². The Morgan fingerprint density at radius 2 is 1.87 bits per heavy atom. The Morgan fingerprint density at radius 3 is 2.58 bits per heavy atom. The van der Waals surface area contributed by atoms with Gasteiger partial charge in [0, 0.05) is 6.54 Å². The average Bonchev–Trinajstić information content (AvgIpc) is 3.07. The lowest BCUT2D eigenvalue weighted by molar-refractivity contribution is -0.141. The van der Waals surface area contributed by atoms with Gasteiger partial charge in [-0.15, -0.1) is 0 Å². The van der Waals surface area contributed by atoms with Crippen molar-refractivity contribution in [3.63, 3.8) is 0 Å². The molecular weight excluding hydrogens is 398 g/mol. The SMILES string of the molecule is COc1ccc(CN2C(=O)N[C@@H](CC(=O)N3CCO[C@H](c4ccccc4)C3)C2=O)cc1. The zero-order valence-electron chi connectivity index (χ0n) is 17.3. The Bertz CT molecular complexity index is 947. The van der Waals surface area contributed by atoms with Crippen LogP contribution >= 0.6 is 0 Å². The lowest BCUT2D eigenvalue weighted by atomic mass is 10.1. The van der Waals surface area contributed by atoms with Crippen molar-refractivity contribution in [1.82, 2.24) is 15.1 Å². The molecule has 2 aliphatic rings. The molecule has 4 rings (SSSR count). The van der Waals surface area contributed by atoms with E-state index in [1.165, 1.54) is 0 Å². The van der Waals surface area contributed by atoms with E-state index in [9.17, 15) is 14.4 Å². The van der Waals surface area contributed by atoms with E-state index in [4.69, 9.17) is 9.47 Å². The van der Waals surface area contributed by atoms with Crippen LogP contribution in [0.15, 0.2) is 54.6 Å². The van der Waals surface area contributed by atoms with Crippen molar-refractivity contribution in [2.45, 2.75) is 25.1 Å². The van der Waals surface area contributed by atoms with Gasteiger partial charge in [0.05, 0.1) is 33.2 Å². The van der Waals surface area contributed by atoms with Crippen molar-refractivity contribution < 1.29 is 23.9 Å². The highest BCUT2D eigenvalue weighted by Crippen LogP contribution is 2.23. The molecule has 162 valence electrons. The second-order valence-corrected chi connectivity index (χ2v) is 7.59. The number of carbonyl (C=O) groups excluding carboxylic acids is 3. The largest absolute Gasteiger partial charge is 0.497 e. The average molecular weight is 423 g/mol. The number of benzene rings is 2. The number of rotatable bonds is 6. The molecule has 2 heterocycles. The summed E-state index contributed by atoms with van der Waals surface area (Å²) in [6, 6.07) is 15.6. The smallest absolute Gasteiger partial charge is 0.325 e. The van der Waals surface area contributed by atoms with E-state index in [1.54, 1.807) is 36.3 Å². The van der Waals surface area contributed by atoms with Gasteiger partial charge in [0.15, 0.2) is 0 Å². The van der Waals surface area contributed by atoms with Crippen molar-refractivity contribution in [3.05, 3.63) is 65.7 Å². The predicted octanol–water partition coefficient (Wildman–Crippen LogP) is 2.11. The molecule has 0 unspecified atom stereocenters. The zero-order valence-corrected chi connectivity index (χ0v) is 17.3. The Hall–Kier alpha value is -3.39. The molecule has 2 atom stereocenters. The molecule has 2 aromatic rings. The molecule has 0 aliphatic carbocycles. The third kappa shape index (κ3) is 4.69. The molecule has 0 bridgehead atoms. The number of nitrogens with one attached hydrogen (secondary N) is 1. The fourth-order valence-electron chi connectivity index (χ4n) is 3.83. The van der Waals surface area contributed by atoms with Gasteiger partial charge >= 0.3 is 6.03 Å². The third-order valence-electron chi connectivity index (χ3n) is 5.58. The molecule has 0 spiro atoms. The summed E-state index contributed by atoms with van der Waals surface area (Å²) >= 11 is 0. The Balaban J connectivity index is 1.36. The van der Waals surface area contributed by atoms with Gasteiger partial charge in [-0.05, 0) is 23.3 Å². The maximum atomic E-state index is 12.9. The maximum Gasteiger partial charge on any atom is 0.325 e. The van der Waals surface area contributed by atoms with Crippen molar-refractivity contribution in [2.24, 2.45) is 0 Å². The first-order valence-corrected chi connectivity index (χ1v) is 10.2. The minimum absolute atomic E-state index is 0.0643. The highest BCUT2D eigenvalue weighted by atomic mass is 16.5. The molecule has 4 amide bonds. The summed E-state index contributed by atoms with van der Waals surface area (Å²) in [5, 5.41) is 2.64. The lowest BCUT2D eigenvalue weighted by Gasteiger charge is -2.33. The highest BCUT2D eigenvalue weighted by Gasteiger charge is 2.40. The summed E-state index contributed by atoms with van der Waals surface area (Å²) in [6.07, 6.45) is -0.259. The molecule has 8 nitrogen and oxygen atoms in total. The summed E-state index contributed by atoms with van der Waals surface area (Å²) in [6.45, 7) is 1.46. The van der Waals surface area contributed by atoms with Crippen molar-refractivity contribution in [3.8, 4) is 5.75 Å². The summed E-state index contributed by atoms with van der Waals surface area (Å²) in [7, 11) is 1.57. The van der Waals surface area contributed by atoms with E-state index in [-0.39, 0.29) is 30.9 Å². The number of hydrogen-bond donors (Lipinski definition) is 1. The van der Waals surface area contributed by atoms with Crippen LogP contribution in [0.4, 0.5) is 4.79 Å². The molecule has 0 radical (unpaired) electrons. The number of methoxy groups -OCH3 is 1.